The molecule has 1 aromatic rings. The van der Waals surface area contributed by atoms with Crippen molar-refractivity contribution < 1.29 is 9.53 Å². The number of hydrogen-bond acceptors (Lipinski definition) is 4. The molecule has 0 aliphatic carbocycles. The first-order valence-electron chi connectivity index (χ1n) is 10.3. The zero-order valence-corrected chi connectivity index (χ0v) is 17.2. The van der Waals surface area contributed by atoms with Crippen molar-refractivity contribution in [2.75, 3.05) is 43.1 Å². The van der Waals surface area contributed by atoms with Gasteiger partial charge in [0.1, 0.15) is 5.75 Å². The van der Waals surface area contributed by atoms with Gasteiger partial charge in [-0.3, -0.25) is 4.90 Å². The molecule has 0 radical (unpaired) electrons. The van der Waals surface area contributed by atoms with Gasteiger partial charge >= 0.3 is 6.03 Å². The average Bonchev–Trinajstić information content (AvgIpc) is 3.23. The van der Waals surface area contributed by atoms with E-state index >= 15 is 0 Å². The van der Waals surface area contributed by atoms with Crippen LogP contribution in [0.2, 0.25) is 0 Å². The summed E-state index contributed by atoms with van der Waals surface area (Å²) >= 11 is 2.08. The van der Waals surface area contributed by atoms with E-state index in [2.05, 4.69) is 34.2 Å². The maximum absolute atomic E-state index is 12.2. The molecule has 6 heteroatoms. The molecular weight excluding hydrogens is 358 g/mol. The Morgan fingerprint density at radius 3 is 2.67 bits per heavy atom. The van der Waals surface area contributed by atoms with Crippen molar-refractivity contribution in [3.05, 3.63) is 24.3 Å². The Labute approximate surface area is 167 Å². The minimum atomic E-state index is -0.121. The number of nitrogens with one attached hydrogen (secondary N) is 2. The highest BCUT2D eigenvalue weighted by Gasteiger charge is 2.27. The summed E-state index contributed by atoms with van der Waals surface area (Å²) < 4.78 is 5.65. The number of ether oxygens (including phenoxy) is 1. The highest BCUT2D eigenvalue weighted by molar-refractivity contribution is 7.99. The van der Waals surface area contributed by atoms with Crippen molar-refractivity contribution in [3.63, 3.8) is 0 Å². The van der Waals surface area contributed by atoms with Crippen LogP contribution in [0.3, 0.4) is 0 Å². The third-order valence-electron chi connectivity index (χ3n) is 5.50. The van der Waals surface area contributed by atoms with Crippen LogP contribution in [-0.4, -0.2) is 54.7 Å². The van der Waals surface area contributed by atoms with Crippen LogP contribution in [0.4, 0.5) is 10.5 Å². The lowest BCUT2D eigenvalue weighted by molar-refractivity contribution is 0.143. The summed E-state index contributed by atoms with van der Waals surface area (Å²) in [4.78, 5) is 14.8. The molecule has 0 unspecified atom stereocenters. The Bertz CT molecular complexity index is 567. The fraction of sp³-hybridized carbons (Fsp3) is 0.667. The summed E-state index contributed by atoms with van der Waals surface area (Å²) in [7, 11) is 0. The van der Waals surface area contributed by atoms with Crippen molar-refractivity contribution in [1.82, 2.24) is 10.2 Å². The smallest absolute Gasteiger partial charge is 0.319 e. The number of rotatable bonds is 8. The van der Waals surface area contributed by atoms with Gasteiger partial charge in [-0.1, -0.05) is 13.3 Å². The second kappa shape index (κ2) is 10.8. The number of thioether (sulfide) groups is 1. The minimum Gasteiger partial charge on any atom is -0.494 e. The number of unbranched alkanes of at least 4 members (excludes halogenated alkanes) is 1. The van der Waals surface area contributed by atoms with Crippen LogP contribution in [0.5, 0.6) is 5.75 Å². The SMILES string of the molecule is CCCCOc1ccc(NC(=O)NCC2CCN([C@@H]3CCSC3)CC2)cc1. The summed E-state index contributed by atoms with van der Waals surface area (Å²) in [5.74, 6) is 4.06. The second-order valence-electron chi connectivity index (χ2n) is 7.56. The summed E-state index contributed by atoms with van der Waals surface area (Å²) in [6.07, 6.45) is 5.90. The molecule has 3 rings (SSSR count). The normalized spacial score (nSPS) is 21.1. The van der Waals surface area contributed by atoms with Crippen LogP contribution < -0.4 is 15.4 Å². The van der Waals surface area contributed by atoms with E-state index in [1.54, 1.807) is 0 Å². The number of carbonyl (C=O) groups excluding carboxylic acids is 1. The molecule has 1 atom stereocenters. The number of likely N-dealkylation sites (tertiary alicyclic amines) is 1. The van der Waals surface area contributed by atoms with Crippen LogP contribution in [-0.2, 0) is 0 Å². The highest BCUT2D eigenvalue weighted by Crippen LogP contribution is 2.26. The molecule has 0 aromatic heterocycles. The number of amides is 2. The zero-order valence-electron chi connectivity index (χ0n) is 16.4. The van der Waals surface area contributed by atoms with Crippen LogP contribution in [0, 0.1) is 5.92 Å². The molecule has 0 bridgehead atoms. The molecule has 2 aliphatic heterocycles. The van der Waals surface area contributed by atoms with Gasteiger partial charge in [0, 0.05) is 24.0 Å². The number of hydrogen-bond donors (Lipinski definition) is 2. The van der Waals surface area contributed by atoms with Crippen molar-refractivity contribution in [2.45, 2.75) is 45.1 Å². The summed E-state index contributed by atoms with van der Waals surface area (Å²) in [6.45, 7) is 6.00. The predicted molar refractivity (Wildman–Crippen MR) is 114 cm³/mol. The van der Waals surface area contributed by atoms with E-state index in [-0.39, 0.29) is 6.03 Å². The molecule has 5 nitrogen and oxygen atoms in total. The highest BCUT2D eigenvalue weighted by atomic mass is 32.2. The minimum absolute atomic E-state index is 0.121. The Kier molecular flexibility index (Phi) is 8.14. The number of anilines is 1. The largest absolute Gasteiger partial charge is 0.494 e. The van der Waals surface area contributed by atoms with E-state index in [9.17, 15) is 4.79 Å². The molecule has 2 amide bonds. The second-order valence-corrected chi connectivity index (χ2v) is 8.71. The number of carbonyl (C=O) groups is 1. The maximum Gasteiger partial charge on any atom is 0.319 e. The molecule has 2 saturated heterocycles. The fourth-order valence-corrected chi connectivity index (χ4v) is 4.97. The van der Waals surface area contributed by atoms with Crippen molar-refractivity contribution >= 4 is 23.5 Å². The summed E-state index contributed by atoms with van der Waals surface area (Å²) in [5.41, 5.74) is 0.795. The number of nitrogens with zero attached hydrogens (tertiary/aromatic N) is 1. The van der Waals surface area contributed by atoms with Crippen LogP contribution >= 0.6 is 11.8 Å². The molecule has 2 N–H and O–H groups in total. The number of urea groups is 1. The fourth-order valence-electron chi connectivity index (χ4n) is 3.71. The first kappa shape index (κ1) is 20.3. The molecule has 2 aliphatic rings. The third kappa shape index (κ3) is 6.61. The summed E-state index contributed by atoms with van der Waals surface area (Å²) in [5, 5.41) is 5.95. The monoisotopic (exact) mass is 391 g/mol. The first-order valence-corrected chi connectivity index (χ1v) is 11.5. The predicted octanol–water partition coefficient (Wildman–Crippen LogP) is 4.20. The van der Waals surface area contributed by atoms with Gasteiger partial charge in [-0.15, -0.1) is 0 Å². The van der Waals surface area contributed by atoms with E-state index < -0.39 is 0 Å². The Balaban J connectivity index is 1.32. The van der Waals surface area contributed by atoms with Gasteiger partial charge in [-0.2, -0.15) is 11.8 Å². The van der Waals surface area contributed by atoms with Gasteiger partial charge in [0.2, 0.25) is 0 Å². The van der Waals surface area contributed by atoms with E-state index in [1.807, 2.05) is 24.3 Å². The molecule has 150 valence electrons. The van der Waals surface area contributed by atoms with Gasteiger partial charge in [0.05, 0.1) is 6.61 Å². The van der Waals surface area contributed by atoms with E-state index in [0.717, 1.165) is 43.5 Å². The van der Waals surface area contributed by atoms with Gasteiger partial charge in [0.15, 0.2) is 0 Å². The van der Waals surface area contributed by atoms with Gasteiger partial charge < -0.3 is 15.4 Å². The molecule has 1 aromatic carbocycles. The van der Waals surface area contributed by atoms with E-state index in [1.165, 1.54) is 43.9 Å². The Morgan fingerprint density at radius 1 is 1.22 bits per heavy atom. The Morgan fingerprint density at radius 2 is 2.00 bits per heavy atom. The molecular formula is C21H33N3O2S. The lowest BCUT2D eigenvalue weighted by Gasteiger charge is -2.35. The van der Waals surface area contributed by atoms with Crippen LogP contribution in [0.1, 0.15) is 39.0 Å². The standard InChI is InChI=1S/C21H33N3O2S/c1-2-3-13-26-20-6-4-18(5-7-20)23-21(25)22-15-17-8-11-24(12-9-17)19-10-14-27-16-19/h4-7,17,19H,2-3,8-16H2,1H3,(H2,22,23,25)/t19-/m1/s1. The number of benzene rings is 1. The van der Waals surface area contributed by atoms with Crippen molar-refractivity contribution in [1.29, 1.82) is 0 Å². The quantitative estimate of drug-likeness (QED) is 0.652. The molecule has 2 heterocycles. The maximum atomic E-state index is 12.2. The number of piperidine rings is 1. The topological polar surface area (TPSA) is 53.6 Å². The molecule has 2 fully saturated rings. The van der Waals surface area contributed by atoms with E-state index in [4.69, 9.17) is 4.74 Å². The molecule has 0 saturated carbocycles. The lowest BCUT2D eigenvalue weighted by atomic mass is 9.95. The molecule has 27 heavy (non-hydrogen) atoms. The van der Waals surface area contributed by atoms with Crippen molar-refractivity contribution in [2.24, 2.45) is 5.92 Å². The van der Waals surface area contributed by atoms with Gasteiger partial charge in [-0.05, 0) is 74.7 Å². The summed E-state index contributed by atoms with van der Waals surface area (Å²) in [6, 6.07) is 8.26. The van der Waals surface area contributed by atoms with Gasteiger partial charge in [0.25, 0.3) is 0 Å². The average molecular weight is 392 g/mol. The van der Waals surface area contributed by atoms with E-state index in [0.29, 0.717) is 5.92 Å². The lowest BCUT2D eigenvalue weighted by Crippen LogP contribution is -2.44. The molecule has 0 spiro atoms. The van der Waals surface area contributed by atoms with Crippen molar-refractivity contribution in [3.8, 4) is 5.75 Å². The van der Waals surface area contributed by atoms with Crippen LogP contribution in [0.25, 0.3) is 0 Å². The van der Waals surface area contributed by atoms with Crippen LogP contribution in [0.15, 0.2) is 24.3 Å². The zero-order chi connectivity index (χ0) is 18.9. The van der Waals surface area contributed by atoms with Gasteiger partial charge in [-0.25, -0.2) is 4.79 Å². The Hall–Kier alpha value is -1.40. The first-order chi connectivity index (χ1) is 13.2. The third-order valence-corrected chi connectivity index (χ3v) is 6.65.